The molecule has 0 atom stereocenters. The molecule has 0 aliphatic carbocycles. The number of hydrogen-bond donors (Lipinski definition) is 1. The molecule has 0 spiro atoms. The van der Waals surface area contributed by atoms with Gasteiger partial charge < -0.3 is 19.5 Å². The van der Waals surface area contributed by atoms with E-state index >= 15 is 0 Å². The molecular formula is C15H17N5O3. The molecule has 1 aliphatic heterocycles. The van der Waals surface area contributed by atoms with Crippen molar-refractivity contribution in [2.75, 3.05) is 31.1 Å². The maximum absolute atomic E-state index is 12.1. The van der Waals surface area contributed by atoms with Gasteiger partial charge in [0.15, 0.2) is 0 Å². The fraction of sp³-hybridized carbons (Fsp3) is 0.333. The molecule has 2 amide bonds. The Bertz CT molecular complexity index is 651. The van der Waals surface area contributed by atoms with Gasteiger partial charge in [0.1, 0.15) is 5.76 Å². The van der Waals surface area contributed by atoms with Gasteiger partial charge in [-0.3, -0.25) is 9.59 Å². The summed E-state index contributed by atoms with van der Waals surface area (Å²) in [4.78, 5) is 35.9. The van der Waals surface area contributed by atoms with Gasteiger partial charge in [-0.05, 0) is 18.2 Å². The Morgan fingerprint density at radius 2 is 1.87 bits per heavy atom. The number of carbonyl (C=O) groups excluding carboxylic acids is 2. The number of nitrogens with zero attached hydrogens (tertiary/aromatic N) is 4. The molecule has 2 aromatic heterocycles. The number of amides is 2. The predicted octanol–water partition coefficient (Wildman–Crippen LogP) is 0.0346. The SMILES string of the molecule is O=C(NCc1ccco1)C(=O)N1CCN(c2ncccn2)CC1. The Balaban J connectivity index is 1.49. The molecule has 1 saturated heterocycles. The number of piperazine rings is 1. The zero-order valence-corrected chi connectivity index (χ0v) is 12.5. The molecular weight excluding hydrogens is 298 g/mol. The molecule has 120 valence electrons. The lowest BCUT2D eigenvalue weighted by Crippen LogP contribution is -2.52. The summed E-state index contributed by atoms with van der Waals surface area (Å²) in [5.41, 5.74) is 0. The number of rotatable bonds is 3. The van der Waals surface area contributed by atoms with Crippen molar-refractivity contribution in [3.05, 3.63) is 42.6 Å². The Morgan fingerprint density at radius 1 is 1.13 bits per heavy atom. The first-order valence-electron chi connectivity index (χ1n) is 7.35. The Kier molecular flexibility index (Phi) is 4.51. The van der Waals surface area contributed by atoms with Gasteiger partial charge in [-0.25, -0.2) is 9.97 Å². The summed E-state index contributed by atoms with van der Waals surface area (Å²) in [5.74, 6) is 0.107. The van der Waals surface area contributed by atoms with Crippen molar-refractivity contribution < 1.29 is 14.0 Å². The van der Waals surface area contributed by atoms with E-state index in [1.54, 1.807) is 30.6 Å². The van der Waals surface area contributed by atoms with E-state index in [0.717, 1.165) is 0 Å². The summed E-state index contributed by atoms with van der Waals surface area (Å²) in [6.45, 7) is 2.33. The minimum Gasteiger partial charge on any atom is -0.467 e. The van der Waals surface area contributed by atoms with Gasteiger partial charge in [0.25, 0.3) is 0 Å². The quantitative estimate of drug-likeness (QED) is 0.804. The number of furan rings is 1. The van der Waals surface area contributed by atoms with E-state index in [1.165, 1.54) is 11.2 Å². The third kappa shape index (κ3) is 3.65. The predicted molar refractivity (Wildman–Crippen MR) is 81.4 cm³/mol. The second kappa shape index (κ2) is 6.91. The highest BCUT2D eigenvalue weighted by Gasteiger charge is 2.26. The molecule has 0 unspecified atom stereocenters. The van der Waals surface area contributed by atoms with E-state index in [-0.39, 0.29) is 6.54 Å². The molecule has 1 aliphatic rings. The van der Waals surface area contributed by atoms with E-state index in [0.29, 0.717) is 37.9 Å². The highest BCUT2D eigenvalue weighted by Crippen LogP contribution is 2.09. The lowest BCUT2D eigenvalue weighted by atomic mass is 10.3. The van der Waals surface area contributed by atoms with Crippen molar-refractivity contribution in [1.82, 2.24) is 20.2 Å². The highest BCUT2D eigenvalue weighted by molar-refractivity contribution is 6.35. The summed E-state index contributed by atoms with van der Waals surface area (Å²) < 4.78 is 5.11. The van der Waals surface area contributed by atoms with E-state index < -0.39 is 11.8 Å². The second-order valence-electron chi connectivity index (χ2n) is 5.09. The molecule has 23 heavy (non-hydrogen) atoms. The first kappa shape index (κ1) is 15.0. The van der Waals surface area contributed by atoms with Gasteiger partial charge in [-0.15, -0.1) is 0 Å². The molecule has 2 aromatic rings. The molecule has 8 heteroatoms. The third-order valence-corrected chi connectivity index (χ3v) is 3.60. The standard InChI is InChI=1S/C15H17N5O3/c21-13(18-11-12-3-1-10-23-12)14(22)19-6-8-20(9-7-19)15-16-4-2-5-17-15/h1-5,10H,6-9,11H2,(H,18,21). The number of aromatic nitrogens is 2. The number of hydrogen-bond acceptors (Lipinski definition) is 6. The van der Waals surface area contributed by atoms with E-state index in [4.69, 9.17) is 4.42 Å². The van der Waals surface area contributed by atoms with Gasteiger partial charge in [0, 0.05) is 38.6 Å². The van der Waals surface area contributed by atoms with Crippen molar-refractivity contribution in [2.24, 2.45) is 0 Å². The van der Waals surface area contributed by atoms with Crippen LogP contribution in [0.4, 0.5) is 5.95 Å². The van der Waals surface area contributed by atoms with Crippen LogP contribution in [0.15, 0.2) is 41.3 Å². The van der Waals surface area contributed by atoms with Gasteiger partial charge in [0.05, 0.1) is 12.8 Å². The van der Waals surface area contributed by atoms with Gasteiger partial charge >= 0.3 is 11.8 Å². The number of carbonyl (C=O) groups is 2. The summed E-state index contributed by atoms with van der Waals surface area (Å²) in [5, 5.41) is 2.56. The average molecular weight is 315 g/mol. The van der Waals surface area contributed by atoms with Crippen LogP contribution >= 0.6 is 0 Å². The minimum absolute atomic E-state index is 0.204. The van der Waals surface area contributed by atoms with Gasteiger partial charge in [0.2, 0.25) is 5.95 Å². The van der Waals surface area contributed by atoms with Crippen LogP contribution in [-0.4, -0.2) is 52.9 Å². The Hall–Kier alpha value is -2.90. The molecule has 1 fully saturated rings. The van der Waals surface area contributed by atoms with Crippen molar-refractivity contribution in [3.8, 4) is 0 Å². The third-order valence-electron chi connectivity index (χ3n) is 3.60. The van der Waals surface area contributed by atoms with Crippen LogP contribution in [-0.2, 0) is 16.1 Å². The van der Waals surface area contributed by atoms with Crippen molar-refractivity contribution in [1.29, 1.82) is 0 Å². The maximum atomic E-state index is 12.1. The number of anilines is 1. The van der Waals surface area contributed by atoms with Crippen LogP contribution in [0.2, 0.25) is 0 Å². The second-order valence-corrected chi connectivity index (χ2v) is 5.09. The maximum Gasteiger partial charge on any atom is 0.312 e. The van der Waals surface area contributed by atoms with Crippen LogP contribution in [0.3, 0.4) is 0 Å². The van der Waals surface area contributed by atoms with Crippen LogP contribution < -0.4 is 10.2 Å². The molecule has 8 nitrogen and oxygen atoms in total. The monoisotopic (exact) mass is 315 g/mol. The molecule has 3 rings (SSSR count). The van der Waals surface area contributed by atoms with Crippen molar-refractivity contribution >= 4 is 17.8 Å². The van der Waals surface area contributed by atoms with Crippen molar-refractivity contribution in [3.63, 3.8) is 0 Å². The van der Waals surface area contributed by atoms with Crippen LogP contribution in [0, 0.1) is 0 Å². The number of nitrogens with one attached hydrogen (secondary N) is 1. The fourth-order valence-electron chi connectivity index (χ4n) is 2.36. The van der Waals surface area contributed by atoms with Gasteiger partial charge in [-0.1, -0.05) is 0 Å². The topological polar surface area (TPSA) is 91.6 Å². The summed E-state index contributed by atoms with van der Waals surface area (Å²) in [6.07, 6.45) is 4.89. The zero-order valence-electron chi connectivity index (χ0n) is 12.5. The average Bonchev–Trinajstić information content (AvgIpc) is 3.13. The van der Waals surface area contributed by atoms with Crippen LogP contribution in [0.1, 0.15) is 5.76 Å². The molecule has 0 radical (unpaired) electrons. The molecule has 0 saturated carbocycles. The Labute approximate surface area is 133 Å². The summed E-state index contributed by atoms with van der Waals surface area (Å²) in [7, 11) is 0. The molecule has 0 aromatic carbocycles. The van der Waals surface area contributed by atoms with E-state index in [1.807, 2.05) is 4.90 Å². The van der Waals surface area contributed by atoms with E-state index in [9.17, 15) is 9.59 Å². The first-order chi connectivity index (χ1) is 11.2. The van der Waals surface area contributed by atoms with Crippen molar-refractivity contribution in [2.45, 2.75) is 6.54 Å². The fourth-order valence-corrected chi connectivity index (χ4v) is 2.36. The van der Waals surface area contributed by atoms with Crippen LogP contribution in [0.25, 0.3) is 0 Å². The largest absolute Gasteiger partial charge is 0.467 e. The molecule has 0 bridgehead atoms. The van der Waals surface area contributed by atoms with Crippen LogP contribution in [0.5, 0.6) is 0 Å². The summed E-state index contributed by atoms with van der Waals surface area (Å²) >= 11 is 0. The zero-order chi connectivity index (χ0) is 16.1. The minimum atomic E-state index is -0.620. The first-order valence-corrected chi connectivity index (χ1v) is 7.35. The lowest BCUT2D eigenvalue weighted by molar-refractivity contribution is -0.146. The molecule has 1 N–H and O–H groups in total. The van der Waals surface area contributed by atoms with E-state index in [2.05, 4.69) is 15.3 Å². The smallest absolute Gasteiger partial charge is 0.312 e. The Morgan fingerprint density at radius 3 is 2.52 bits per heavy atom. The summed E-state index contributed by atoms with van der Waals surface area (Å²) in [6, 6.07) is 5.23. The highest BCUT2D eigenvalue weighted by atomic mass is 16.3. The normalized spacial score (nSPS) is 14.6. The lowest BCUT2D eigenvalue weighted by Gasteiger charge is -2.34. The van der Waals surface area contributed by atoms with Gasteiger partial charge in [-0.2, -0.15) is 0 Å². The molecule has 3 heterocycles.